The second kappa shape index (κ2) is 4.43. The van der Waals surface area contributed by atoms with Crippen molar-refractivity contribution in [1.82, 2.24) is 0 Å². The van der Waals surface area contributed by atoms with Crippen molar-refractivity contribution in [3.8, 4) is 17.6 Å². The summed E-state index contributed by atoms with van der Waals surface area (Å²) in [5, 5.41) is 20.0. The maximum Gasteiger partial charge on any atom is 0.318 e. The molecule has 0 saturated heterocycles. The second-order valence-corrected chi connectivity index (χ2v) is 4.55. The maximum atomic E-state index is 11.3. The summed E-state index contributed by atoms with van der Waals surface area (Å²) >= 11 is 0. The number of nitro benzene ring substituents is 1. The maximum absolute atomic E-state index is 11.3. The molecular weight excluding hydrogens is 248 g/mol. The molecule has 1 aromatic carbocycles. The topological polar surface area (TPSA) is 85.4 Å². The Bertz CT molecular complexity index is 569. The van der Waals surface area contributed by atoms with E-state index in [1.165, 1.54) is 0 Å². The molecule has 0 radical (unpaired) electrons. The zero-order valence-corrected chi connectivity index (χ0v) is 10.3. The summed E-state index contributed by atoms with van der Waals surface area (Å²) in [5.41, 5.74) is 2.45. The van der Waals surface area contributed by atoms with Gasteiger partial charge in [-0.1, -0.05) is 0 Å². The molecule has 2 heterocycles. The van der Waals surface area contributed by atoms with Crippen LogP contribution in [-0.4, -0.2) is 18.1 Å². The van der Waals surface area contributed by atoms with Crippen LogP contribution >= 0.6 is 0 Å². The summed E-state index contributed by atoms with van der Waals surface area (Å²) < 4.78 is 11.0. The minimum absolute atomic E-state index is 0.0562. The molecule has 0 fully saturated rings. The summed E-state index contributed by atoms with van der Waals surface area (Å²) in [7, 11) is 0. The van der Waals surface area contributed by atoms with Crippen LogP contribution in [0.5, 0.6) is 11.5 Å². The number of hydrogen-bond acceptors (Lipinski definition) is 5. The first-order valence-corrected chi connectivity index (χ1v) is 6.21. The van der Waals surface area contributed by atoms with Crippen LogP contribution in [0.1, 0.15) is 23.1 Å². The van der Waals surface area contributed by atoms with Crippen LogP contribution < -0.4 is 9.47 Å². The van der Waals surface area contributed by atoms with Gasteiger partial charge in [0.1, 0.15) is 5.75 Å². The van der Waals surface area contributed by atoms with E-state index in [2.05, 4.69) is 6.07 Å². The van der Waals surface area contributed by atoms with Crippen molar-refractivity contribution in [3.63, 3.8) is 0 Å². The first-order valence-electron chi connectivity index (χ1n) is 6.21. The van der Waals surface area contributed by atoms with Crippen LogP contribution in [0.15, 0.2) is 0 Å². The molecule has 1 aromatic rings. The molecule has 0 aromatic heterocycles. The Labute approximate surface area is 109 Å². The zero-order valence-electron chi connectivity index (χ0n) is 10.3. The highest BCUT2D eigenvalue weighted by Crippen LogP contribution is 2.48. The number of fused-ring (bicyclic) bond motifs is 2. The smallest absolute Gasteiger partial charge is 0.318 e. The van der Waals surface area contributed by atoms with Crippen LogP contribution in [0.3, 0.4) is 0 Å². The van der Waals surface area contributed by atoms with E-state index in [1.54, 1.807) is 0 Å². The first-order chi connectivity index (χ1) is 9.24. The van der Waals surface area contributed by atoms with Gasteiger partial charge in [-0.05, 0) is 6.42 Å². The molecule has 98 valence electrons. The molecule has 2 aliphatic heterocycles. The number of hydrogen-bond donors (Lipinski definition) is 0. The summed E-state index contributed by atoms with van der Waals surface area (Å²) in [4.78, 5) is 10.9. The van der Waals surface area contributed by atoms with E-state index < -0.39 is 0 Å². The molecule has 3 rings (SSSR count). The summed E-state index contributed by atoms with van der Waals surface area (Å²) in [6.07, 6.45) is 2.11. The van der Waals surface area contributed by atoms with Gasteiger partial charge in [-0.15, -0.1) is 0 Å². The second-order valence-electron chi connectivity index (χ2n) is 4.55. The lowest BCUT2D eigenvalue weighted by atomic mass is 9.95. The SMILES string of the molecule is N#CCCc1c2c(c([N+](=O)[O-])c3c1OCC3)OCC2. The van der Waals surface area contributed by atoms with Gasteiger partial charge in [-0.25, -0.2) is 0 Å². The van der Waals surface area contributed by atoms with E-state index in [-0.39, 0.29) is 10.6 Å². The van der Waals surface area contributed by atoms with Crippen molar-refractivity contribution in [2.45, 2.75) is 25.7 Å². The largest absolute Gasteiger partial charge is 0.492 e. The van der Waals surface area contributed by atoms with Gasteiger partial charge in [0, 0.05) is 30.4 Å². The van der Waals surface area contributed by atoms with Crippen LogP contribution in [0.2, 0.25) is 0 Å². The van der Waals surface area contributed by atoms with Crippen molar-refractivity contribution >= 4 is 5.69 Å². The normalized spacial score (nSPS) is 15.1. The molecule has 6 heteroatoms. The van der Waals surface area contributed by atoms with Crippen molar-refractivity contribution in [2.24, 2.45) is 0 Å². The Morgan fingerprint density at radius 1 is 1.21 bits per heavy atom. The lowest BCUT2D eigenvalue weighted by molar-refractivity contribution is -0.386. The number of ether oxygens (including phenoxy) is 2. The van der Waals surface area contributed by atoms with Crippen LogP contribution in [0.25, 0.3) is 0 Å². The first kappa shape index (κ1) is 11.8. The molecule has 0 aliphatic carbocycles. The van der Waals surface area contributed by atoms with Crippen molar-refractivity contribution < 1.29 is 14.4 Å². The van der Waals surface area contributed by atoms with E-state index in [4.69, 9.17) is 14.7 Å². The Kier molecular flexibility index (Phi) is 2.75. The fourth-order valence-electron chi connectivity index (χ4n) is 2.82. The molecule has 0 saturated carbocycles. The third-order valence-electron chi connectivity index (χ3n) is 3.55. The lowest BCUT2D eigenvalue weighted by Gasteiger charge is -2.12. The highest BCUT2D eigenvalue weighted by atomic mass is 16.6. The lowest BCUT2D eigenvalue weighted by Crippen LogP contribution is -2.01. The third-order valence-corrected chi connectivity index (χ3v) is 3.55. The van der Waals surface area contributed by atoms with Gasteiger partial charge >= 0.3 is 5.69 Å². The summed E-state index contributed by atoms with van der Waals surface area (Å²) in [6, 6.07) is 2.11. The van der Waals surface area contributed by atoms with E-state index in [0.717, 1.165) is 11.1 Å². The van der Waals surface area contributed by atoms with E-state index in [0.29, 0.717) is 56.0 Å². The predicted molar refractivity (Wildman–Crippen MR) is 65.4 cm³/mol. The molecular formula is C13H12N2O4. The number of nitro groups is 1. The molecule has 0 spiro atoms. The molecule has 0 N–H and O–H groups in total. The van der Waals surface area contributed by atoms with Gasteiger partial charge in [0.2, 0.25) is 5.75 Å². The molecule has 6 nitrogen and oxygen atoms in total. The predicted octanol–water partition coefficient (Wildman–Crippen LogP) is 1.92. The number of nitrogens with zero attached hydrogens (tertiary/aromatic N) is 2. The average molecular weight is 260 g/mol. The molecule has 0 amide bonds. The molecule has 2 aliphatic rings. The van der Waals surface area contributed by atoms with Gasteiger partial charge in [-0.3, -0.25) is 10.1 Å². The number of nitriles is 1. The number of rotatable bonds is 3. The summed E-state index contributed by atoms with van der Waals surface area (Å²) in [6.45, 7) is 0.914. The molecule has 19 heavy (non-hydrogen) atoms. The highest BCUT2D eigenvalue weighted by Gasteiger charge is 2.37. The monoisotopic (exact) mass is 260 g/mol. The molecule has 0 bridgehead atoms. The Morgan fingerprint density at radius 3 is 2.58 bits per heavy atom. The fraction of sp³-hybridized carbons (Fsp3) is 0.462. The average Bonchev–Trinajstić information content (AvgIpc) is 3.01. The van der Waals surface area contributed by atoms with Crippen LogP contribution in [0, 0.1) is 21.4 Å². The Hall–Kier alpha value is -2.29. The van der Waals surface area contributed by atoms with E-state index >= 15 is 0 Å². The third kappa shape index (κ3) is 1.70. The van der Waals surface area contributed by atoms with Crippen molar-refractivity contribution in [1.29, 1.82) is 5.26 Å². The standard InChI is InChI=1S/C13H12N2O4/c14-5-1-2-8-9-3-6-19-13(9)11(15(16)17)10-4-7-18-12(8)10/h1-4,6-7H2. The van der Waals surface area contributed by atoms with Gasteiger partial charge in [-0.2, -0.15) is 5.26 Å². The zero-order chi connectivity index (χ0) is 13.4. The van der Waals surface area contributed by atoms with Gasteiger partial charge in [0.15, 0.2) is 0 Å². The minimum atomic E-state index is -0.383. The fourth-order valence-corrected chi connectivity index (χ4v) is 2.82. The molecule has 0 atom stereocenters. The Morgan fingerprint density at radius 2 is 1.89 bits per heavy atom. The number of benzene rings is 1. The molecule has 0 unspecified atom stereocenters. The highest BCUT2D eigenvalue weighted by molar-refractivity contribution is 5.69. The van der Waals surface area contributed by atoms with Crippen molar-refractivity contribution in [3.05, 3.63) is 26.8 Å². The van der Waals surface area contributed by atoms with Gasteiger partial charge < -0.3 is 9.47 Å². The van der Waals surface area contributed by atoms with Crippen molar-refractivity contribution in [2.75, 3.05) is 13.2 Å². The minimum Gasteiger partial charge on any atom is -0.492 e. The van der Waals surface area contributed by atoms with Crippen LogP contribution in [0.4, 0.5) is 5.69 Å². The quantitative estimate of drug-likeness (QED) is 0.612. The Balaban J connectivity index is 2.22. The van der Waals surface area contributed by atoms with Gasteiger partial charge in [0.25, 0.3) is 0 Å². The van der Waals surface area contributed by atoms with Gasteiger partial charge in [0.05, 0.1) is 29.8 Å². The van der Waals surface area contributed by atoms with E-state index in [9.17, 15) is 10.1 Å². The summed E-state index contributed by atoms with van der Waals surface area (Å²) in [5.74, 6) is 1.01. The van der Waals surface area contributed by atoms with E-state index in [1.807, 2.05) is 0 Å². The van der Waals surface area contributed by atoms with Crippen LogP contribution in [-0.2, 0) is 19.3 Å².